The molecule has 2 aliphatic carbocycles. The monoisotopic (exact) mass is 650 g/mol. The summed E-state index contributed by atoms with van der Waals surface area (Å²) in [6.45, 7) is -1.70. The van der Waals surface area contributed by atoms with Crippen LogP contribution in [0.15, 0.2) is 69.0 Å². The Morgan fingerprint density at radius 3 is 2.58 bits per heavy atom. The van der Waals surface area contributed by atoms with Crippen molar-refractivity contribution in [1.29, 1.82) is 0 Å². The zero-order chi connectivity index (χ0) is 32.8. The van der Waals surface area contributed by atoms with E-state index in [0.717, 1.165) is 40.3 Å². The van der Waals surface area contributed by atoms with Crippen molar-refractivity contribution in [2.75, 3.05) is 6.26 Å². The summed E-state index contributed by atoms with van der Waals surface area (Å²) >= 11 is 0. The molecule has 1 amide bonds. The molecule has 1 unspecified atom stereocenters. The Bertz CT molecular complexity index is 1920. The Morgan fingerprint density at radius 2 is 1.93 bits per heavy atom. The van der Waals surface area contributed by atoms with Crippen molar-refractivity contribution in [1.82, 2.24) is 14.8 Å². The second-order valence-corrected chi connectivity index (χ2v) is 12.6. The van der Waals surface area contributed by atoms with Gasteiger partial charge in [0.15, 0.2) is 27.3 Å². The molecule has 3 aromatic rings. The number of aromatic nitrogens is 3. The molecule has 45 heavy (non-hydrogen) atoms. The normalized spacial score (nSPS) is 17.5. The van der Waals surface area contributed by atoms with Gasteiger partial charge in [0.1, 0.15) is 17.1 Å². The Balaban J connectivity index is 1.66. The highest BCUT2D eigenvalue weighted by atomic mass is 32.2. The summed E-state index contributed by atoms with van der Waals surface area (Å²) in [4.78, 5) is 16.1. The molecule has 5 rings (SSSR count). The van der Waals surface area contributed by atoms with Crippen LogP contribution in [0.1, 0.15) is 48.2 Å². The standard InChI is InChI=1S/C30H27F5N4O5S/c1-15-37-26(18-8-10-24(22(31)13-18)44-29(32)33)27(43-15)21-12-17(16-5-4-6-19(11-16)45(3,41)42)7-9-20(21)23-14-25(38-39(23)2)30(34,35)28(36)40/h6-11,13-14,21,29H,4-5,12H2,1-3H3,(H2,36,40). The van der Waals surface area contributed by atoms with Gasteiger partial charge < -0.3 is 14.9 Å². The van der Waals surface area contributed by atoms with Gasteiger partial charge in [-0.25, -0.2) is 17.8 Å². The van der Waals surface area contributed by atoms with Crippen molar-refractivity contribution in [3.8, 4) is 17.0 Å². The minimum atomic E-state index is -4.06. The van der Waals surface area contributed by atoms with E-state index in [0.29, 0.717) is 18.4 Å². The topological polar surface area (TPSA) is 130 Å². The summed E-state index contributed by atoms with van der Waals surface area (Å²) in [7, 11) is -2.09. The highest BCUT2D eigenvalue weighted by molar-refractivity contribution is 7.94. The fraction of sp³-hybridized carbons (Fsp3) is 0.300. The molecule has 9 nitrogen and oxygen atoms in total. The number of carbonyl (C=O) groups excluding carboxylic acids is 1. The molecule has 0 spiro atoms. The molecule has 2 heterocycles. The lowest BCUT2D eigenvalue weighted by Gasteiger charge is -2.26. The number of carbonyl (C=O) groups is 1. The lowest BCUT2D eigenvalue weighted by molar-refractivity contribution is -0.143. The van der Waals surface area contributed by atoms with Gasteiger partial charge in [0.25, 0.3) is 5.91 Å². The van der Waals surface area contributed by atoms with Gasteiger partial charge in [0, 0.05) is 25.8 Å². The summed E-state index contributed by atoms with van der Waals surface area (Å²) in [5.41, 5.74) is 6.45. The number of rotatable bonds is 9. The molecule has 2 N–H and O–H groups in total. The molecular formula is C30H27F5N4O5S. The Kier molecular flexibility index (Phi) is 8.33. The fourth-order valence-electron chi connectivity index (χ4n) is 5.37. The Morgan fingerprint density at radius 1 is 1.20 bits per heavy atom. The maximum absolute atomic E-state index is 14.8. The predicted molar refractivity (Wildman–Crippen MR) is 153 cm³/mol. The molecule has 1 atom stereocenters. The number of alkyl halides is 4. The Hall–Kier alpha value is -4.53. The minimum absolute atomic E-state index is 0.159. The number of nitrogens with zero attached hydrogens (tertiary/aromatic N) is 3. The number of hydrogen-bond acceptors (Lipinski definition) is 7. The van der Waals surface area contributed by atoms with E-state index >= 15 is 0 Å². The molecule has 0 aliphatic heterocycles. The van der Waals surface area contributed by atoms with Crippen molar-refractivity contribution in [2.24, 2.45) is 12.8 Å². The molecule has 0 bridgehead atoms. The number of amides is 1. The van der Waals surface area contributed by atoms with Crippen molar-refractivity contribution in [3.05, 3.63) is 93.5 Å². The van der Waals surface area contributed by atoms with Gasteiger partial charge in [-0.2, -0.15) is 22.7 Å². The van der Waals surface area contributed by atoms with Crippen molar-refractivity contribution >= 4 is 21.3 Å². The number of ether oxygens (including phenoxy) is 1. The summed E-state index contributed by atoms with van der Waals surface area (Å²) in [6.07, 6.45) is 8.88. The second kappa shape index (κ2) is 11.8. The average molecular weight is 651 g/mol. The van der Waals surface area contributed by atoms with Gasteiger partial charge in [-0.1, -0.05) is 18.2 Å². The van der Waals surface area contributed by atoms with E-state index in [2.05, 4.69) is 14.8 Å². The zero-order valence-corrected chi connectivity index (χ0v) is 25.0. The first-order valence-corrected chi connectivity index (χ1v) is 15.4. The third-order valence-corrected chi connectivity index (χ3v) is 8.63. The largest absolute Gasteiger partial charge is 0.445 e. The number of hydrogen-bond donors (Lipinski definition) is 1. The number of primary amides is 1. The first kappa shape index (κ1) is 31.9. The number of nitrogens with two attached hydrogens (primary N) is 1. The van der Waals surface area contributed by atoms with Crippen LogP contribution in [0.3, 0.4) is 0 Å². The smallest absolute Gasteiger partial charge is 0.387 e. The number of oxazole rings is 1. The molecule has 0 saturated carbocycles. The molecule has 0 radical (unpaired) electrons. The van der Waals surface area contributed by atoms with Crippen LogP contribution >= 0.6 is 0 Å². The number of aryl methyl sites for hydroxylation is 2. The molecule has 2 aromatic heterocycles. The van der Waals surface area contributed by atoms with Gasteiger partial charge in [0.05, 0.1) is 16.5 Å². The molecule has 1 aromatic carbocycles. The molecule has 15 heteroatoms. The summed E-state index contributed by atoms with van der Waals surface area (Å²) in [5, 5.41) is 3.83. The van der Waals surface area contributed by atoms with Gasteiger partial charge in [0.2, 0.25) is 0 Å². The molecule has 238 valence electrons. The van der Waals surface area contributed by atoms with Crippen LogP contribution in [0.5, 0.6) is 5.75 Å². The van der Waals surface area contributed by atoms with Gasteiger partial charge in [-0.15, -0.1) is 0 Å². The highest BCUT2D eigenvalue weighted by Crippen LogP contribution is 2.47. The SMILES string of the molecule is Cc1nc(-c2ccc(OC(F)F)c(F)c2)c(C2CC(C3=CC(S(C)(=O)=O)=CCC3)=CC=C2c2cc(C(F)(F)C(N)=O)nn2C)o1. The number of benzene rings is 1. The van der Waals surface area contributed by atoms with Crippen LogP contribution in [0.25, 0.3) is 16.8 Å². The predicted octanol–water partition coefficient (Wildman–Crippen LogP) is 5.85. The molecule has 0 fully saturated rings. The van der Waals surface area contributed by atoms with Crippen LogP contribution in [0, 0.1) is 12.7 Å². The van der Waals surface area contributed by atoms with E-state index in [4.69, 9.17) is 10.2 Å². The summed E-state index contributed by atoms with van der Waals surface area (Å²) < 4.78 is 105. The van der Waals surface area contributed by atoms with Crippen molar-refractivity contribution < 1.29 is 44.3 Å². The van der Waals surface area contributed by atoms with Gasteiger partial charge >= 0.3 is 12.5 Å². The van der Waals surface area contributed by atoms with Crippen LogP contribution in [-0.4, -0.2) is 42.0 Å². The van der Waals surface area contributed by atoms with E-state index < -0.39 is 51.5 Å². The van der Waals surface area contributed by atoms with Gasteiger partial charge in [-0.05, 0) is 66.3 Å². The van der Waals surface area contributed by atoms with Crippen LogP contribution < -0.4 is 10.5 Å². The van der Waals surface area contributed by atoms with Crippen LogP contribution in [-0.2, 0) is 27.6 Å². The third kappa shape index (κ3) is 6.34. The number of allylic oxidation sites excluding steroid dienone is 7. The molecular weight excluding hydrogens is 623 g/mol. The van der Waals surface area contributed by atoms with Gasteiger partial charge in [-0.3, -0.25) is 9.48 Å². The summed E-state index contributed by atoms with van der Waals surface area (Å²) in [5.74, 6) is -8.07. The maximum atomic E-state index is 14.8. The third-order valence-electron chi connectivity index (χ3n) is 7.48. The lowest BCUT2D eigenvalue weighted by atomic mass is 9.79. The molecule has 0 saturated heterocycles. The number of sulfone groups is 1. The van der Waals surface area contributed by atoms with E-state index in [1.807, 2.05) is 0 Å². The van der Waals surface area contributed by atoms with E-state index in [1.165, 1.54) is 13.1 Å². The quantitative estimate of drug-likeness (QED) is 0.288. The minimum Gasteiger partial charge on any atom is -0.445 e. The fourth-order valence-corrected chi connectivity index (χ4v) is 6.14. The average Bonchev–Trinajstić information content (AvgIpc) is 3.56. The maximum Gasteiger partial charge on any atom is 0.387 e. The lowest BCUT2D eigenvalue weighted by Crippen LogP contribution is -2.33. The highest BCUT2D eigenvalue weighted by Gasteiger charge is 2.43. The molecule has 2 aliphatic rings. The summed E-state index contributed by atoms with van der Waals surface area (Å²) in [6, 6.07) is 4.35. The zero-order valence-electron chi connectivity index (χ0n) is 24.2. The van der Waals surface area contributed by atoms with Crippen LogP contribution in [0.2, 0.25) is 0 Å². The van der Waals surface area contributed by atoms with E-state index in [1.54, 1.807) is 31.2 Å². The Labute approximate surface area is 254 Å². The second-order valence-electron chi connectivity index (χ2n) is 10.6. The van der Waals surface area contributed by atoms with E-state index in [9.17, 15) is 35.2 Å². The van der Waals surface area contributed by atoms with Crippen molar-refractivity contribution in [3.63, 3.8) is 0 Å². The first-order chi connectivity index (χ1) is 21.1. The van der Waals surface area contributed by atoms with E-state index in [-0.39, 0.29) is 39.9 Å². The first-order valence-electron chi connectivity index (χ1n) is 13.5. The van der Waals surface area contributed by atoms with Crippen LogP contribution in [0.4, 0.5) is 22.0 Å². The van der Waals surface area contributed by atoms with Crippen molar-refractivity contribution in [2.45, 2.75) is 44.6 Å². The number of halogens is 5.